The van der Waals surface area contributed by atoms with Gasteiger partial charge in [0, 0.05) is 17.7 Å². The van der Waals surface area contributed by atoms with E-state index in [4.69, 9.17) is 21.1 Å². The van der Waals surface area contributed by atoms with Crippen molar-refractivity contribution in [3.63, 3.8) is 0 Å². The minimum absolute atomic E-state index is 0.0250. The predicted octanol–water partition coefficient (Wildman–Crippen LogP) is 3.33. The summed E-state index contributed by atoms with van der Waals surface area (Å²) in [6.07, 6.45) is 5.55. The Kier molecular flexibility index (Phi) is 7.79. The number of halogens is 1. The van der Waals surface area contributed by atoms with Gasteiger partial charge in [-0.1, -0.05) is 18.5 Å². The van der Waals surface area contributed by atoms with Gasteiger partial charge in [0.15, 0.2) is 0 Å². The van der Waals surface area contributed by atoms with Crippen LogP contribution in [-0.4, -0.2) is 45.4 Å². The van der Waals surface area contributed by atoms with Crippen molar-refractivity contribution in [3.8, 4) is 5.75 Å². The van der Waals surface area contributed by atoms with Crippen molar-refractivity contribution in [2.24, 2.45) is 5.92 Å². The summed E-state index contributed by atoms with van der Waals surface area (Å²) in [5.41, 5.74) is 0.349. The van der Waals surface area contributed by atoms with Crippen LogP contribution < -0.4 is 14.8 Å². The van der Waals surface area contributed by atoms with Crippen molar-refractivity contribution in [1.82, 2.24) is 4.72 Å². The van der Waals surface area contributed by atoms with Crippen molar-refractivity contribution < 1.29 is 22.7 Å². The van der Waals surface area contributed by atoms with Crippen molar-refractivity contribution in [1.29, 1.82) is 0 Å². The molecule has 29 heavy (non-hydrogen) atoms. The molecule has 1 aromatic rings. The molecule has 2 fully saturated rings. The van der Waals surface area contributed by atoms with Crippen molar-refractivity contribution in [2.75, 3.05) is 24.3 Å². The number of benzene rings is 1. The molecule has 1 aliphatic heterocycles. The molecule has 3 rings (SSSR count). The fraction of sp³-hybridized carbons (Fsp3) is 0.650. The molecule has 0 spiro atoms. The first-order valence-electron chi connectivity index (χ1n) is 10.1. The van der Waals surface area contributed by atoms with Crippen LogP contribution in [0.2, 0.25) is 5.02 Å². The van der Waals surface area contributed by atoms with E-state index in [-0.39, 0.29) is 12.1 Å². The van der Waals surface area contributed by atoms with E-state index in [1.165, 1.54) is 0 Å². The van der Waals surface area contributed by atoms with Crippen LogP contribution in [0, 0.1) is 5.92 Å². The van der Waals surface area contributed by atoms with E-state index in [1.54, 1.807) is 18.2 Å². The summed E-state index contributed by atoms with van der Waals surface area (Å²) in [7, 11) is -3.72. The van der Waals surface area contributed by atoms with Crippen molar-refractivity contribution in [2.45, 2.75) is 57.6 Å². The molecule has 9 heteroatoms. The summed E-state index contributed by atoms with van der Waals surface area (Å²) in [4.78, 5) is 12.4. The van der Waals surface area contributed by atoms with Gasteiger partial charge in [0.05, 0.1) is 11.8 Å². The lowest BCUT2D eigenvalue weighted by Gasteiger charge is -2.26. The average molecular weight is 445 g/mol. The Hall–Kier alpha value is -1.35. The number of ether oxygens (including phenoxy) is 2. The van der Waals surface area contributed by atoms with Crippen molar-refractivity contribution >= 4 is 33.2 Å². The summed E-state index contributed by atoms with van der Waals surface area (Å²) in [5.74, 6) is -0.220. The smallest absolute Gasteiger partial charge is 0.241 e. The number of sulfonamides is 1. The quantitative estimate of drug-likeness (QED) is 0.641. The second-order valence-electron chi connectivity index (χ2n) is 7.97. The van der Waals surface area contributed by atoms with E-state index >= 15 is 0 Å². The van der Waals surface area contributed by atoms with E-state index in [1.807, 2.05) is 0 Å². The van der Waals surface area contributed by atoms with Gasteiger partial charge in [0.1, 0.15) is 18.1 Å². The zero-order valence-electron chi connectivity index (χ0n) is 16.7. The molecule has 1 heterocycles. The SMILES string of the molecule is CC1CCC(NS(=O)(=O)CC(=O)Nc2cc(Cl)ccc2OCC2CCCO2)CC1. The summed E-state index contributed by atoms with van der Waals surface area (Å²) >= 11 is 6.04. The van der Waals surface area contributed by atoms with Crippen LogP contribution in [0.3, 0.4) is 0 Å². The minimum atomic E-state index is -3.72. The third-order valence-electron chi connectivity index (χ3n) is 5.35. The van der Waals surface area contributed by atoms with E-state index in [0.29, 0.717) is 29.0 Å². The molecule has 1 saturated carbocycles. The Bertz CT molecular complexity index is 803. The lowest BCUT2D eigenvalue weighted by molar-refractivity contribution is -0.113. The molecular formula is C20H29ClN2O5S. The predicted molar refractivity (Wildman–Crippen MR) is 113 cm³/mol. The fourth-order valence-corrected chi connectivity index (χ4v) is 5.13. The molecule has 162 valence electrons. The summed E-state index contributed by atoms with van der Waals surface area (Å²) < 4.78 is 38.7. The normalized spacial score (nSPS) is 25.0. The first-order chi connectivity index (χ1) is 13.8. The molecular weight excluding hydrogens is 416 g/mol. The van der Waals surface area contributed by atoms with Gasteiger partial charge in [-0.15, -0.1) is 0 Å². The zero-order chi connectivity index (χ0) is 20.9. The number of rotatable bonds is 8. The molecule has 1 unspecified atom stereocenters. The van der Waals surface area contributed by atoms with E-state index in [2.05, 4.69) is 17.0 Å². The highest BCUT2D eigenvalue weighted by molar-refractivity contribution is 7.90. The van der Waals surface area contributed by atoms with Crippen LogP contribution in [0.4, 0.5) is 5.69 Å². The minimum Gasteiger partial charge on any atom is -0.489 e. The molecule has 2 N–H and O–H groups in total. The second-order valence-corrected chi connectivity index (χ2v) is 10.2. The average Bonchev–Trinajstić information content (AvgIpc) is 3.16. The largest absolute Gasteiger partial charge is 0.489 e. The number of anilines is 1. The zero-order valence-corrected chi connectivity index (χ0v) is 18.2. The van der Waals surface area contributed by atoms with Crippen LogP contribution in [-0.2, 0) is 19.6 Å². The summed E-state index contributed by atoms with van der Waals surface area (Å²) in [5, 5.41) is 3.04. The Balaban J connectivity index is 1.56. The van der Waals surface area contributed by atoms with Crippen LogP contribution in [0.15, 0.2) is 18.2 Å². The maximum Gasteiger partial charge on any atom is 0.241 e. The van der Waals surface area contributed by atoms with Gasteiger partial charge < -0.3 is 14.8 Å². The fourth-order valence-electron chi connectivity index (χ4n) is 3.72. The third kappa shape index (κ3) is 7.13. The molecule has 1 amide bonds. The first-order valence-corrected chi connectivity index (χ1v) is 12.2. The number of carbonyl (C=O) groups is 1. The van der Waals surface area contributed by atoms with Gasteiger partial charge in [-0.25, -0.2) is 13.1 Å². The van der Waals surface area contributed by atoms with Gasteiger partial charge in [-0.05, 0) is 62.6 Å². The molecule has 1 atom stereocenters. The third-order valence-corrected chi connectivity index (χ3v) is 6.92. The van der Waals surface area contributed by atoms with Gasteiger partial charge in [0.2, 0.25) is 15.9 Å². The Labute approximate surface area is 177 Å². The maximum atomic E-state index is 12.4. The standard InChI is InChI=1S/C20H29ClN2O5S/c1-14-4-7-16(8-5-14)23-29(25,26)13-20(24)22-18-11-15(21)6-9-19(18)28-12-17-3-2-10-27-17/h6,9,11,14,16-17,23H,2-5,7-8,10,12-13H2,1H3,(H,22,24). The lowest BCUT2D eigenvalue weighted by atomic mass is 9.88. The first kappa shape index (κ1) is 22.3. The highest BCUT2D eigenvalue weighted by atomic mass is 35.5. The molecule has 0 radical (unpaired) electrons. The van der Waals surface area contributed by atoms with E-state index in [9.17, 15) is 13.2 Å². The summed E-state index contributed by atoms with van der Waals surface area (Å²) in [6, 6.07) is 4.76. The van der Waals surface area contributed by atoms with Gasteiger partial charge in [0.25, 0.3) is 0 Å². The monoisotopic (exact) mass is 444 g/mol. The van der Waals surface area contributed by atoms with Crippen LogP contribution in [0.1, 0.15) is 45.4 Å². The Morgan fingerprint density at radius 1 is 1.24 bits per heavy atom. The number of amides is 1. The molecule has 2 aliphatic rings. The Morgan fingerprint density at radius 2 is 2.00 bits per heavy atom. The number of hydrogen-bond acceptors (Lipinski definition) is 5. The van der Waals surface area contributed by atoms with Crippen LogP contribution >= 0.6 is 11.6 Å². The molecule has 0 aromatic heterocycles. The Morgan fingerprint density at radius 3 is 2.69 bits per heavy atom. The van der Waals surface area contributed by atoms with Crippen molar-refractivity contribution in [3.05, 3.63) is 23.2 Å². The van der Waals surface area contributed by atoms with Crippen LogP contribution in [0.25, 0.3) is 0 Å². The molecule has 0 bridgehead atoms. The van der Waals surface area contributed by atoms with Gasteiger partial charge in [-0.3, -0.25) is 4.79 Å². The topological polar surface area (TPSA) is 93.7 Å². The molecule has 1 saturated heterocycles. The highest BCUT2D eigenvalue weighted by Crippen LogP contribution is 2.29. The maximum absolute atomic E-state index is 12.4. The molecule has 7 nitrogen and oxygen atoms in total. The van der Waals surface area contributed by atoms with Gasteiger partial charge >= 0.3 is 0 Å². The van der Waals surface area contributed by atoms with Crippen LogP contribution in [0.5, 0.6) is 5.75 Å². The number of hydrogen-bond donors (Lipinski definition) is 2. The number of carbonyl (C=O) groups excluding carboxylic acids is 1. The highest BCUT2D eigenvalue weighted by Gasteiger charge is 2.25. The second kappa shape index (κ2) is 10.1. The van der Waals surface area contributed by atoms with Gasteiger partial charge in [-0.2, -0.15) is 0 Å². The summed E-state index contributed by atoms with van der Waals surface area (Å²) in [6.45, 7) is 3.26. The number of nitrogens with one attached hydrogen (secondary N) is 2. The van der Waals surface area contributed by atoms with E-state index in [0.717, 1.165) is 45.1 Å². The lowest BCUT2D eigenvalue weighted by Crippen LogP contribution is -2.41. The molecule has 1 aliphatic carbocycles. The van der Waals surface area contributed by atoms with E-state index < -0.39 is 21.7 Å². The molecule has 1 aromatic carbocycles.